The van der Waals surface area contributed by atoms with Crippen LogP contribution in [-0.2, 0) is 14.8 Å². The summed E-state index contributed by atoms with van der Waals surface area (Å²) in [5.74, 6) is 0.861. The standard InChI is InChI=1S/C23H28N6O6S/c1-16-7-8-19(25-15-16)36(30,31)28-21-20(35-18-6-4-3-5-17(18)32-2)22(34-12-9-24)27-23(26-21)29-10-13-33-14-11-29/h3-8,15H,9-14,24H2,1-2H3,(H,26,27,28). The molecule has 13 heteroatoms. The number of hydrogen-bond acceptors (Lipinski definition) is 11. The van der Waals surface area contributed by atoms with E-state index in [2.05, 4.69) is 19.7 Å². The lowest BCUT2D eigenvalue weighted by Gasteiger charge is -2.28. The molecule has 1 aromatic carbocycles. The molecule has 1 aliphatic heterocycles. The summed E-state index contributed by atoms with van der Waals surface area (Å²) in [5.41, 5.74) is 6.48. The maximum atomic E-state index is 13.2. The molecule has 3 heterocycles. The van der Waals surface area contributed by atoms with Crippen LogP contribution in [0.25, 0.3) is 0 Å². The molecule has 2 aromatic heterocycles. The van der Waals surface area contributed by atoms with E-state index in [0.717, 1.165) is 5.56 Å². The highest BCUT2D eigenvalue weighted by atomic mass is 32.2. The van der Waals surface area contributed by atoms with Crippen molar-refractivity contribution in [3.8, 4) is 23.1 Å². The summed E-state index contributed by atoms with van der Waals surface area (Å²) in [4.78, 5) is 14.9. The van der Waals surface area contributed by atoms with Gasteiger partial charge in [0.1, 0.15) is 6.61 Å². The fraction of sp³-hybridized carbons (Fsp3) is 0.348. The van der Waals surface area contributed by atoms with Crippen LogP contribution >= 0.6 is 0 Å². The maximum absolute atomic E-state index is 13.2. The van der Waals surface area contributed by atoms with Crippen molar-refractivity contribution in [3.63, 3.8) is 0 Å². The number of aromatic nitrogens is 3. The van der Waals surface area contributed by atoms with Gasteiger partial charge in [-0.05, 0) is 30.7 Å². The Kier molecular flexibility index (Phi) is 8.03. The Hall–Kier alpha value is -3.68. The van der Waals surface area contributed by atoms with Crippen LogP contribution in [0.3, 0.4) is 0 Å². The topological polar surface area (TPSA) is 151 Å². The number of nitrogens with two attached hydrogens (primary N) is 1. The molecule has 0 aliphatic carbocycles. The van der Waals surface area contributed by atoms with Crippen molar-refractivity contribution in [1.29, 1.82) is 0 Å². The number of rotatable bonds is 10. The number of anilines is 2. The quantitative estimate of drug-likeness (QED) is 0.407. The van der Waals surface area contributed by atoms with Crippen molar-refractivity contribution in [2.45, 2.75) is 11.9 Å². The average molecular weight is 517 g/mol. The molecule has 1 saturated heterocycles. The van der Waals surface area contributed by atoms with Crippen molar-refractivity contribution < 1.29 is 27.4 Å². The number of benzene rings is 1. The molecule has 0 bridgehead atoms. The van der Waals surface area contributed by atoms with Crippen LogP contribution < -0.4 is 29.6 Å². The Morgan fingerprint density at radius 3 is 2.53 bits per heavy atom. The van der Waals surface area contributed by atoms with E-state index in [1.165, 1.54) is 19.4 Å². The number of nitrogens with one attached hydrogen (secondary N) is 1. The maximum Gasteiger partial charge on any atom is 0.280 e. The van der Waals surface area contributed by atoms with Gasteiger partial charge in [0.05, 0.1) is 20.3 Å². The number of aryl methyl sites for hydroxylation is 1. The van der Waals surface area contributed by atoms with Crippen LogP contribution in [-0.4, -0.2) is 69.9 Å². The minimum absolute atomic E-state index is 0.0254. The van der Waals surface area contributed by atoms with E-state index in [9.17, 15) is 8.42 Å². The molecule has 1 fully saturated rings. The Labute approximate surface area is 209 Å². The largest absolute Gasteiger partial charge is 0.493 e. The number of pyridine rings is 1. The molecule has 0 amide bonds. The fourth-order valence-corrected chi connectivity index (χ4v) is 4.28. The number of ether oxygens (including phenoxy) is 4. The zero-order valence-electron chi connectivity index (χ0n) is 20.0. The van der Waals surface area contributed by atoms with Gasteiger partial charge >= 0.3 is 0 Å². The SMILES string of the molecule is COc1ccccc1Oc1c(NS(=O)(=O)c2ccc(C)cn2)nc(N2CCOCC2)nc1OCCN. The molecule has 12 nitrogen and oxygen atoms in total. The minimum Gasteiger partial charge on any atom is -0.493 e. The predicted octanol–water partition coefficient (Wildman–Crippen LogP) is 1.96. The molecule has 1 aliphatic rings. The van der Waals surface area contributed by atoms with Gasteiger partial charge in [-0.15, -0.1) is 0 Å². The second kappa shape index (κ2) is 11.4. The summed E-state index contributed by atoms with van der Waals surface area (Å²) < 4.78 is 51.7. The molecular weight excluding hydrogens is 488 g/mol. The van der Waals surface area contributed by atoms with Crippen LogP contribution in [0, 0.1) is 6.92 Å². The first-order valence-electron chi connectivity index (χ1n) is 11.2. The molecule has 36 heavy (non-hydrogen) atoms. The van der Waals surface area contributed by atoms with Gasteiger partial charge in [0.2, 0.25) is 11.7 Å². The van der Waals surface area contributed by atoms with Gasteiger partial charge in [0.25, 0.3) is 15.9 Å². The minimum atomic E-state index is -4.13. The second-order valence-electron chi connectivity index (χ2n) is 7.78. The van der Waals surface area contributed by atoms with E-state index in [1.807, 2.05) is 11.8 Å². The molecule has 192 valence electrons. The first-order chi connectivity index (χ1) is 17.4. The Morgan fingerprint density at radius 1 is 1.11 bits per heavy atom. The van der Waals surface area contributed by atoms with Gasteiger partial charge < -0.3 is 29.6 Å². The van der Waals surface area contributed by atoms with Crippen LogP contribution in [0.1, 0.15) is 5.56 Å². The lowest BCUT2D eigenvalue weighted by Crippen LogP contribution is -2.37. The zero-order chi connectivity index (χ0) is 25.5. The molecule has 0 unspecified atom stereocenters. The van der Waals surface area contributed by atoms with Gasteiger partial charge in [-0.3, -0.25) is 4.72 Å². The molecule has 0 atom stereocenters. The van der Waals surface area contributed by atoms with Crippen LogP contribution in [0.4, 0.5) is 11.8 Å². The van der Waals surface area contributed by atoms with Crippen LogP contribution in [0.5, 0.6) is 23.1 Å². The third-order valence-corrected chi connectivity index (χ3v) is 6.40. The fourth-order valence-electron chi connectivity index (χ4n) is 3.34. The third kappa shape index (κ3) is 5.93. The van der Waals surface area contributed by atoms with Crippen LogP contribution in [0.15, 0.2) is 47.6 Å². The van der Waals surface area contributed by atoms with Gasteiger partial charge in [0.15, 0.2) is 22.3 Å². The molecular formula is C23H28N6O6S. The normalized spacial score (nSPS) is 13.8. The van der Waals surface area contributed by atoms with Gasteiger partial charge in [-0.25, -0.2) is 4.98 Å². The molecule has 0 spiro atoms. The highest BCUT2D eigenvalue weighted by Gasteiger charge is 2.27. The predicted molar refractivity (Wildman–Crippen MR) is 132 cm³/mol. The highest BCUT2D eigenvalue weighted by Crippen LogP contribution is 2.41. The Bertz CT molecular complexity index is 1280. The zero-order valence-corrected chi connectivity index (χ0v) is 20.8. The van der Waals surface area contributed by atoms with Gasteiger partial charge in [-0.1, -0.05) is 18.2 Å². The molecule has 0 radical (unpaired) electrons. The van der Waals surface area contributed by atoms with Crippen molar-refractivity contribution in [2.75, 3.05) is 56.2 Å². The summed E-state index contributed by atoms with van der Waals surface area (Å²) in [6, 6.07) is 9.97. The Balaban J connectivity index is 1.83. The van der Waals surface area contributed by atoms with E-state index in [1.54, 1.807) is 30.3 Å². The number of nitrogens with zero attached hydrogens (tertiary/aromatic N) is 4. The average Bonchev–Trinajstić information content (AvgIpc) is 2.89. The van der Waals surface area contributed by atoms with E-state index in [0.29, 0.717) is 37.8 Å². The van der Waals surface area contributed by atoms with Crippen molar-refractivity contribution >= 4 is 21.8 Å². The number of morpholine rings is 1. The van der Waals surface area contributed by atoms with Gasteiger partial charge in [-0.2, -0.15) is 18.4 Å². The number of methoxy groups -OCH3 is 1. The lowest BCUT2D eigenvalue weighted by molar-refractivity contribution is 0.122. The van der Waals surface area contributed by atoms with Crippen LogP contribution in [0.2, 0.25) is 0 Å². The molecule has 4 rings (SSSR count). The first-order valence-corrected chi connectivity index (χ1v) is 12.7. The Morgan fingerprint density at radius 2 is 1.86 bits per heavy atom. The third-order valence-electron chi connectivity index (χ3n) is 5.14. The van der Waals surface area contributed by atoms with E-state index in [4.69, 9.17) is 24.7 Å². The first kappa shape index (κ1) is 25.4. The summed E-state index contributed by atoms with van der Waals surface area (Å²) in [5, 5.41) is -0.174. The summed E-state index contributed by atoms with van der Waals surface area (Å²) in [6.45, 7) is 4.15. The smallest absolute Gasteiger partial charge is 0.280 e. The van der Waals surface area contributed by atoms with Crippen molar-refractivity contribution in [1.82, 2.24) is 15.0 Å². The summed E-state index contributed by atoms with van der Waals surface area (Å²) in [6.07, 6.45) is 1.47. The summed E-state index contributed by atoms with van der Waals surface area (Å²) >= 11 is 0. The lowest BCUT2D eigenvalue weighted by atomic mass is 10.3. The van der Waals surface area contributed by atoms with Crippen molar-refractivity contribution in [2.24, 2.45) is 5.73 Å². The molecule has 3 N–H and O–H groups in total. The van der Waals surface area contributed by atoms with E-state index < -0.39 is 10.0 Å². The molecule has 3 aromatic rings. The number of hydrogen-bond donors (Lipinski definition) is 2. The molecule has 0 saturated carbocycles. The number of sulfonamides is 1. The monoisotopic (exact) mass is 516 g/mol. The van der Waals surface area contributed by atoms with Gasteiger partial charge in [0, 0.05) is 25.8 Å². The second-order valence-corrected chi connectivity index (χ2v) is 9.40. The highest BCUT2D eigenvalue weighted by molar-refractivity contribution is 7.92. The van der Waals surface area contributed by atoms with Crippen molar-refractivity contribution in [3.05, 3.63) is 48.2 Å². The van der Waals surface area contributed by atoms with E-state index >= 15 is 0 Å². The summed E-state index contributed by atoms with van der Waals surface area (Å²) in [7, 11) is -2.63. The van der Waals surface area contributed by atoms with E-state index in [-0.39, 0.29) is 41.6 Å². The number of para-hydroxylation sites is 2.